The summed E-state index contributed by atoms with van der Waals surface area (Å²) in [5.74, 6) is -0.280. The van der Waals surface area contributed by atoms with Crippen LogP contribution in [0.5, 0.6) is 0 Å². The summed E-state index contributed by atoms with van der Waals surface area (Å²) in [6.45, 7) is 1.58. The van der Waals surface area contributed by atoms with E-state index in [4.69, 9.17) is 4.98 Å². The molecule has 0 unspecified atom stereocenters. The summed E-state index contributed by atoms with van der Waals surface area (Å²) >= 11 is 0. The number of hydrogen-bond donors (Lipinski definition) is 3. The van der Waals surface area contributed by atoms with E-state index in [2.05, 4.69) is 35.4 Å². The Morgan fingerprint density at radius 3 is 2.65 bits per heavy atom. The highest BCUT2D eigenvalue weighted by atomic mass is 19.1. The predicted molar refractivity (Wildman–Crippen MR) is 145 cm³/mol. The first kappa shape index (κ1) is 22.8. The standard InChI is InChI=1S/C28H25FN8/c1-37(2)9-8-32-20-11-17(10-19(29)12-20)21-4-3-5-24-22(21)13-26(33-24)28-27-25(35-36-28)7-6-23(34-27)18-14-30-16-31-15-18/h3-7,10-16,32-33H,8-9H2,1-2H3,(H,35,36). The summed E-state index contributed by atoms with van der Waals surface area (Å²) in [4.78, 5) is 18.6. The smallest absolute Gasteiger partial charge is 0.135 e. The van der Waals surface area contributed by atoms with Crippen molar-refractivity contribution in [2.75, 3.05) is 32.5 Å². The number of halogens is 1. The molecule has 0 amide bonds. The second-order valence-electron chi connectivity index (χ2n) is 9.20. The summed E-state index contributed by atoms with van der Waals surface area (Å²) < 4.78 is 14.6. The van der Waals surface area contributed by atoms with Crippen molar-refractivity contribution in [2.24, 2.45) is 0 Å². The maximum atomic E-state index is 14.6. The number of aromatic amines is 2. The van der Waals surface area contributed by atoms with Crippen molar-refractivity contribution in [3.05, 3.63) is 79.1 Å². The topological polar surface area (TPSA) is 98.4 Å². The van der Waals surface area contributed by atoms with E-state index >= 15 is 0 Å². The Bertz CT molecular complexity index is 1700. The molecule has 9 heteroatoms. The number of benzene rings is 2. The van der Waals surface area contributed by atoms with E-state index < -0.39 is 0 Å². The van der Waals surface area contributed by atoms with E-state index in [0.29, 0.717) is 5.69 Å². The van der Waals surface area contributed by atoms with Gasteiger partial charge in [-0.25, -0.2) is 19.3 Å². The summed E-state index contributed by atoms with van der Waals surface area (Å²) in [6, 6.07) is 17.0. The van der Waals surface area contributed by atoms with Crippen molar-refractivity contribution in [2.45, 2.75) is 0 Å². The van der Waals surface area contributed by atoms with E-state index in [1.165, 1.54) is 12.4 Å². The molecule has 0 saturated carbocycles. The Hall–Kier alpha value is -4.63. The molecular formula is C28H25FN8. The number of H-pyrrole nitrogens is 2. The third kappa shape index (κ3) is 4.52. The van der Waals surface area contributed by atoms with Gasteiger partial charge in [-0.3, -0.25) is 5.10 Å². The van der Waals surface area contributed by atoms with E-state index in [0.717, 1.165) is 68.8 Å². The fourth-order valence-corrected chi connectivity index (χ4v) is 4.48. The van der Waals surface area contributed by atoms with Crippen LogP contribution < -0.4 is 5.32 Å². The molecule has 0 aliphatic carbocycles. The molecule has 0 aliphatic rings. The SMILES string of the molecule is CN(C)CCNc1cc(F)cc(-c2cccc3[nH]c(-c4n[nH]c5ccc(-c6cncnc6)nc45)cc23)c1. The van der Waals surface area contributed by atoms with Crippen LogP contribution in [0.2, 0.25) is 0 Å². The zero-order chi connectivity index (χ0) is 25.4. The van der Waals surface area contributed by atoms with Gasteiger partial charge in [-0.1, -0.05) is 12.1 Å². The van der Waals surface area contributed by atoms with Crippen molar-refractivity contribution < 1.29 is 4.39 Å². The number of aromatic nitrogens is 6. The minimum atomic E-state index is -0.280. The molecule has 0 bridgehead atoms. The van der Waals surface area contributed by atoms with E-state index in [1.807, 2.05) is 56.6 Å². The monoisotopic (exact) mass is 492 g/mol. The van der Waals surface area contributed by atoms with Gasteiger partial charge in [0, 0.05) is 47.6 Å². The molecule has 0 saturated heterocycles. The van der Waals surface area contributed by atoms with Gasteiger partial charge in [-0.15, -0.1) is 0 Å². The molecule has 8 nitrogen and oxygen atoms in total. The molecule has 3 N–H and O–H groups in total. The second-order valence-corrected chi connectivity index (χ2v) is 9.20. The third-order valence-electron chi connectivity index (χ3n) is 6.28. The lowest BCUT2D eigenvalue weighted by Gasteiger charge is -2.13. The van der Waals surface area contributed by atoms with Crippen LogP contribution in [0.25, 0.3) is 55.7 Å². The van der Waals surface area contributed by atoms with Crippen LogP contribution >= 0.6 is 0 Å². The van der Waals surface area contributed by atoms with Crippen molar-refractivity contribution in [1.29, 1.82) is 0 Å². The minimum Gasteiger partial charge on any atom is -0.384 e. The number of fused-ring (bicyclic) bond motifs is 2. The number of hydrogen-bond acceptors (Lipinski definition) is 6. The van der Waals surface area contributed by atoms with Gasteiger partial charge in [0.1, 0.15) is 23.4 Å². The average Bonchev–Trinajstić information content (AvgIpc) is 3.52. The zero-order valence-electron chi connectivity index (χ0n) is 20.5. The molecule has 184 valence electrons. The first-order valence-corrected chi connectivity index (χ1v) is 12.0. The highest BCUT2D eigenvalue weighted by Gasteiger charge is 2.16. The second kappa shape index (κ2) is 9.44. The summed E-state index contributed by atoms with van der Waals surface area (Å²) in [5.41, 5.74) is 8.13. The Balaban J connectivity index is 1.41. The lowest BCUT2D eigenvalue weighted by Crippen LogP contribution is -2.20. The number of nitrogens with one attached hydrogen (secondary N) is 3. The minimum absolute atomic E-state index is 0.280. The van der Waals surface area contributed by atoms with Crippen LogP contribution in [0.3, 0.4) is 0 Å². The van der Waals surface area contributed by atoms with Gasteiger partial charge in [0.05, 0.1) is 16.9 Å². The Morgan fingerprint density at radius 2 is 1.81 bits per heavy atom. The third-order valence-corrected chi connectivity index (χ3v) is 6.28. The maximum absolute atomic E-state index is 14.6. The van der Waals surface area contributed by atoms with Gasteiger partial charge < -0.3 is 15.2 Å². The Labute approximate surface area is 212 Å². The van der Waals surface area contributed by atoms with Crippen molar-refractivity contribution in [3.63, 3.8) is 0 Å². The van der Waals surface area contributed by atoms with Crippen LogP contribution in [-0.2, 0) is 0 Å². The average molecular weight is 493 g/mol. The summed E-state index contributed by atoms with van der Waals surface area (Å²) in [7, 11) is 4.02. The van der Waals surface area contributed by atoms with Crippen molar-refractivity contribution in [3.8, 4) is 33.8 Å². The molecule has 0 aliphatic heterocycles. The molecule has 0 atom stereocenters. The van der Waals surface area contributed by atoms with Gasteiger partial charge in [-0.05, 0) is 67.7 Å². The summed E-state index contributed by atoms with van der Waals surface area (Å²) in [5, 5.41) is 11.9. The van der Waals surface area contributed by atoms with E-state index in [-0.39, 0.29) is 5.82 Å². The zero-order valence-corrected chi connectivity index (χ0v) is 20.5. The van der Waals surface area contributed by atoms with Gasteiger partial charge >= 0.3 is 0 Å². The number of rotatable bonds is 7. The maximum Gasteiger partial charge on any atom is 0.135 e. The molecule has 0 fully saturated rings. The molecule has 37 heavy (non-hydrogen) atoms. The van der Waals surface area contributed by atoms with Crippen molar-refractivity contribution in [1.82, 2.24) is 35.0 Å². The van der Waals surface area contributed by atoms with Gasteiger partial charge in [0.25, 0.3) is 0 Å². The predicted octanol–water partition coefficient (Wildman–Crippen LogP) is 5.34. The number of nitrogens with zero attached hydrogens (tertiary/aromatic N) is 5. The van der Waals surface area contributed by atoms with Crippen LogP contribution in [-0.4, -0.2) is 62.2 Å². The van der Waals surface area contributed by atoms with E-state index in [1.54, 1.807) is 18.5 Å². The molecule has 0 radical (unpaired) electrons. The van der Waals surface area contributed by atoms with Gasteiger partial charge in [-0.2, -0.15) is 5.10 Å². The fraction of sp³-hybridized carbons (Fsp3) is 0.143. The van der Waals surface area contributed by atoms with Crippen LogP contribution in [0.4, 0.5) is 10.1 Å². The Kier molecular flexibility index (Phi) is 5.82. The first-order valence-electron chi connectivity index (χ1n) is 12.0. The lowest BCUT2D eigenvalue weighted by molar-refractivity contribution is 0.425. The molecule has 4 aromatic heterocycles. The van der Waals surface area contributed by atoms with Crippen LogP contribution in [0.15, 0.2) is 73.3 Å². The fourth-order valence-electron chi connectivity index (χ4n) is 4.48. The quantitative estimate of drug-likeness (QED) is 0.278. The lowest BCUT2D eigenvalue weighted by atomic mass is 10.0. The molecule has 0 spiro atoms. The molecule has 4 heterocycles. The van der Waals surface area contributed by atoms with Crippen LogP contribution in [0, 0.1) is 5.82 Å². The highest BCUT2D eigenvalue weighted by molar-refractivity contribution is 6.00. The Morgan fingerprint density at radius 1 is 0.946 bits per heavy atom. The van der Waals surface area contributed by atoms with Crippen LogP contribution in [0.1, 0.15) is 0 Å². The number of likely N-dealkylation sites (N-methyl/N-ethyl adjacent to an activating group) is 1. The molecule has 6 aromatic rings. The first-order chi connectivity index (χ1) is 18.0. The largest absolute Gasteiger partial charge is 0.384 e. The number of pyridine rings is 1. The molecular weight excluding hydrogens is 467 g/mol. The summed E-state index contributed by atoms with van der Waals surface area (Å²) in [6.07, 6.45) is 4.96. The molecule has 6 rings (SSSR count). The normalized spacial score (nSPS) is 11.6. The molecule has 2 aromatic carbocycles. The van der Waals surface area contributed by atoms with Gasteiger partial charge in [0.15, 0.2) is 0 Å². The van der Waals surface area contributed by atoms with Gasteiger partial charge in [0.2, 0.25) is 0 Å². The van der Waals surface area contributed by atoms with Crippen molar-refractivity contribution >= 4 is 27.6 Å². The van der Waals surface area contributed by atoms with E-state index in [9.17, 15) is 4.39 Å². The number of anilines is 1. The highest BCUT2D eigenvalue weighted by Crippen LogP contribution is 2.35.